The Balaban J connectivity index is 1.89. The Labute approximate surface area is 121 Å². The number of nitrogens with zero attached hydrogens (tertiary/aromatic N) is 3. The molecule has 0 N–H and O–H groups in total. The Bertz CT molecular complexity index is 754. The van der Waals surface area contributed by atoms with Gasteiger partial charge in [-0.1, -0.05) is 6.07 Å². The van der Waals surface area contributed by atoms with Gasteiger partial charge < -0.3 is 0 Å². The topological polar surface area (TPSA) is 68.9 Å². The predicted octanol–water partition coefficient (Wildman–Crippen LogP) is 3.72. The number of hydrogen-bond acceptors (Lipinski definition) is 4. The minimum atomic E-state index is -0.409. The van der Waals surface area contributed by atoms with E-state index in [9.17, 15) is 10.1 Å². The zero-order valence-electron chi connectivity index (χ0n) is 11.0. The highest BCUT2D eigenvalue weighted by molar-refractivity contribution is 5.67. The van der Waals surface area contributed by atoms with Crippen LogP contribution in [0.25, 0.3) is 22.4 Å². The molecule has 0 radical (unpaired) electrons. The molecule has 102 valence electrons. The van der Waals surface area contributed by atoms with E-state index in [1.165, 1.54) is 12.1 Å². The third-order valence-corrected chi connectivity index (χ3v) is 3.13. The quantitative estimate of drug-likeness (QED) is 0.540. The van der Waals surface area contributed by atoms with Crippen molar-refractivity contribution in [2.45, 2.75) is 0 Å². The fourth-order valence-electron chi connectivity index (χ4n) is 2.03. The van der Waals surface area contributed by atoms with Gasteiger partial charge in [-0.3, -0.25) is 20.1 Å². The van der Waals surface area contributed by atoms with Gasteiger partial charge in [-0.2, -0.15) is 0 Å². The van der Waals surface area contributed by atoms with E-state index in [-0.39, 0.29) is 5.69 Å². The van der Waals surface area contributed by atoms with Gasteiger partial charge >= 0.3 is 0 Å². The van der Waals surface area contributed by atoms with E-state index in [1.54, 1.807) is 30.7 Å². The molecule has 0 fully saturated rings. The van der Waals surface area contributed by atoms with Crippen LogP contribution < -0.4 is 0 Å². The van der Waals surface area contributed by atoms with Crippen LogP contribution in [0.4, 0.5) is 5.69 Å². The summed E-state index contributed by atoms with van der Waals surface area (Å²) in [6.07, 6.45) is 5.23. The Morgan fingerprint density at radius 2 is 1.62 bits per heavy atom. The zero-order chi connectivity index (χ0) is 14.7. The van der Waals surface area contributed by atoms with E-state index in [1.807, 2.05) is 24.3 Å². The number of nitro benzene ring substituents is 1. The maximum Gasteiger partial charge on any atom is 0.269 e. The summed E-state index contributed by atoms with van der Waals surface area (Å²) in [5, 5.41) is 10.6. The lowest BCUT2D eigenvalue weighted by atomic mass is 10.1. The molecular weight excluding hydrogens is 266 g/mol. The van der Waals surface area contributed by atoms with Crippen LogP contribution in [-0.4, -0.2) is 14.9 Å². The molecule has 0 saturated heterocycles. The average Bonchev–Trinajstić information content (AvgIpc) is 2.56. The summed E-state index contributed by atoms with van der Waals surface area (Å²) in [5.74, 6) is 0. The van der Waals surface area contributed by atoms with E-state index in [0.29, 0.717) is 0 Å². The molecule has 2 heterocycles. The molecule has 0 spiro atoms. The van der Waals surface area contributed by atoms with E-state index >= 15 is 0 Å². The van der Waals surface area contributed by atoms with Crippen LogP contribution >= 0.6 is 0 Å². The molecule has 0 saturated carbocycles. The number of benzene rings is 1. The second-order valence-electron chi connectivity index (χ2n) is 4.48. The van der Waals surface area contributed by atoms with Crippen molar-refractivity contribution < 1.29 is 4.92 Å². The Kier molecular flexibility index (Phi) is 3.39. The fourth-order valence-corrected chi connectivity index (χ4v) is 2.03. The first kappa shape index (κ1) is 12.9. The van der Waals surface area contributed by atoms with Crippen LogP contribution in [0.5, 0.6) is 0 Å². The minimum Gasteiger partial charge on any atom is -0.264 e. The second-order valence-corrected chi connectivity index (χ2v) is 4.48. The Hall–Kier alpha value is -3.08. The molecule has 21 heavy (non-hydrogen) atoms. The van der Waals surface area contributed by atoms with Gasteiger partial charge in [0, 0.05) is 41.9 Å². The van der Waals surface area contributed by atoms with Gasteiger partial charge in [0.25, 0.3) is 5.69 Å². The monoisotopic (exact) mass is 277 g/mol. The first-order chi connectivity index (χ1) is 10.2. The van der Waals surface area contributed by atoms with Crippen molar-refractivity contribution in [2.75, 3.05) is 0 Å². The highest BCUT2D eigenvalue weighted by atomic mass is 16.6. The minimum absolute atomic E-state index is 0.0821. The van der Waals surface area contributed by atoms with E-state index in [0.717, 1.165) is 22.4 Å². The van der Waals surface area contributed by atoms with Crippen molar-refractivity contribution in [3.05, 3.63) is 77.2 Å². The summed E-state index contributed by atoms with van der Waals surface area (Å²) in [6.45, 7) is 0. The molecule has 0 aliphatic carbocycles. The lowest BCUT2D eigenvalue weighted by Crippen LogP contribution is -1.88. The Morgan fingerprint density at radius 1 is 0.857 bits per heavy atom. The van der Waals surface area contributed by atoms with Gasteiger partial charge in [0.05, 0.1) is 10.6 Å². The van der Waals surface area contributed by atoms with Gasteiger partial charge in [0.2, 0.25) is 0 Å². The van der Waals surface area contributed by atoms with Gasteiger partial charge in [-0.05, 0) is 35.9 Å². The SMILES string of the molecule is O=[N+]([O-])c1ccc(-c2ccc(-c3cccnc3)nc2)cc1. The first-order valence-electron chi connectivity index (χ1n) is 6.35. The highest BCUT2D eigenvalue weighted by Gasteiger charge is 2.06. The predicted molar refractivity (Wildman–Crippen MR) is 79.6 cm³/mol. The molecule has 0 atom stereocenters. The molecule has 3 rings (SSSR count). The second kappa shape index (κ2) is 5.50. The van der Waals surface area contributed by atoms with Crippen molar-refractivity contribution in [2.24, 2.45) is 0 Å². The summed E-state index contributed by atoms with van der Waals surface area (Å²) in [5.41, 5.74) is 3.68. The standard InChI is InChI=1S/C16H11N3O2/c20-19(21)15-6-3-12(4-7-15)13-5-8-16(18-11-13)14-2-1-9-17-10-14/h1-11H. The van der Waals surface area contributed by atoms with Gasteiger partial charge in [-0.15, -0.1) is 0 Å². The molecule has 3 aromatic rings. The van der Waals surface area contributed by atoms with Crippen LogP contribution in [0.15, 0.2) is 67.1 Å². The number of pyridine rings is 2. The van der Waals surface area contributed by atoms with Gasteiger partial charge in [0.15, 0.2) is 0 Å². The maximum absolute atomic E-state index is 10.6. The molecule has 0 aliphatic rings. The lowest BCUT2D eigenvalue weighted by molar-refractivity contribution is -0.384. The molecule has 1 aromatic carbocycles. The number of hydrogen-bond donors (Lipinski definition) is 0. The zero-order valence-corrected chi connectivity index (χ0v) is 11.0. The molecule has 0 amide bonds. The van der Waals surface area contributed by atoms with Crippen molar-refractivity contribution >= 4 is 5.69 Å². The molecule has 0 aliphatic heterocycles. The summed E-state index contributed by atoms with van der Waals surface area (Å²) in [7, 11) is 0. The smallest absolute Gasteiger partial charge is 0.264 e. The molecule has 0 unspecified atom stereocenters. The average molecular weight is 277 g/mol. The van der Waals surface area contributed by atoms with Crippen LogP contribution in [0.3, 0.4) is 0 Å². The largest absolute Gasteiger partial charge is 0.269 e. The third kappa shape index (κ3) is 2.76. The molecule has 2 aromatic heterocycles. The number of rotatable bonds is 3. The van der Waals surface area contributed by atoms with Crippen LogP contribution in [0.2, 0.25) is 0 Å². The van der Waals surface area contributed by atoms with Crippen molar-refractivity contribution in [1.29, 1.82) is 0 Å². The van der Waals surface area contributed by atoms with E-state index in [2.05, 4.69) is 9.97 Å². The maximum atomic E-state index is 10.6. The number of nitro groups is 1. The van der Waals surface area contributed by atoms with Gasteiger partial charge in [0.1, 0.15) is 0 Å². The van der Waals surface area contributed by atoms with Gasteiger partial charge in [-0.25, -0.2) is 0 Å². The first-order valence-corrected chi connectivity index (χ1v) is 6.35. The number of non-ortho nitro benzene ring substituents is 1. The van der Waals surface area contributed by atoms with Crippen LogP contribution in [0, 0.1) is 10.1 Å². The normalized spacial score (nSPS) is 10.3. The lowest BCUT2D eigenvalue weighted by Gasteiger charge is -2.03. The summed E-state index contributed by atoms with van der Waals surface area (Å²) in [6, 6.07) is 14.1. The van der Waals surface area contributed by atoms with Crippen molar-refractivity contribution in [1.82, 2.24) is 9.97 Å². The molecular formula is C16H11N3O2. The molecule has 0 bridgehead atoms. The van der Waals surface area contributed by atoms with E-state index < -0.39 is 4.92 Å². The van der Waals surface area contributed by atoms with Crippen LogP contribution in [-0.2, 0) is 0 Å². The summed E-state index contributed by atoms with van der Waals surface area (Å²) >= 11 is 0. The third-order valence-electron chi connectivity index (χ3n) is 3.13. The van der Waals surface area contributed by atoms with E-state index in [4.69, 9.17) is 0 Å². The fraction of sp³-hybridized carbons (Fsp3) is 0. The van der Waals surface area contributed by atoms with Crippen LogP contribution in [0.1, 0.15) is 0 Å². The van der Waals surface area contributed by atoms with Crippen molar-refractivity contribution in [3.63, 3.8) is 0 Å². The Morgan fingerprint density at radius 3 is 2.19 bits per heavy atom. The molecule has 5 heteroatoms. The van der Waals surface area contributed by atoms with Crippen molar-refractivity contribution in [3.8, 4) is 22.4 Å². The number of aromatic nitrogens is 2. The summed E-state index contributed by atoms with van der Waals surface area (Å²) in [4.78, 5) is 18.7. The molecule has 5 nitrogen and oxygen atoms in total. The highest BCUT2D eigenvalue weighted by Crippen LogP contribution is 2.24. The summed E-state index contributed by atoms with van der Waals surface area (Å²) < 4.78 is 0.